The number of amides is 1. The fraction of sp³-hybridized carbons (Fsp3) is 0.800. The Morgan fingerprint density at radius 2 is 0.746 bits per heavy atom. The van der Waals surface area contributed by atoms with Crippen LogP contribution in [0.3, 0.4) is 0 Å². The van der Waals surface area contributed by atoms with Crippen LogP contribution in [0.2, 0.25) is 0 Å². The van der Waals surface area contributed by atoms with Crippen molar-refractivity contribution in [2.24, 2.45) is 0 Å². The van der Waals surface area contributed by atoms with Crippen molar-refractivity contribution in [2.75, 3.05) is 6.61 Å². The predicted octanol–water partition coefficient (Wildman–Crippen LogP) is 16.9. The molecular weight excluding hydrogens is 723 g/mol. The van der Waals surface area contributed by atoms with Crippen molar-refractivity contribution in [2.45, 2.75) is 276 Å². The minimum Gasteiger partial charge on any atom is -0.394 e. The molecule has 2 unspecified atom stereocenters. The van der Waals surface area contributed by atoms with Crippen LogP contribution in [-0.2, 0) is 4.79 Å². The van der Waals surface area contributed by atoms with E-state index in [4.69, 9.17) is 0 Å². The molecule has 0 aliphatic heterocycles. The summed E-state index contributed by atoms with van der Waals surface area (Å²) < 4.78 is 0. The topological polar surface area (TPSA) is 69.6 Å². The van der Waals surface area contributed by atoms with E-state index in [1.54, 1.807) is 6.08 Å². The van der Waals surface area contributed by atoms with Crippen LogP contribution in [0.25, 0.3) is 0 Å². The van der Waals surface area contributed by atoms with Gasteiger partial charge in [0.25, 0.3) is 0 Å². The molecule has 0 aliphatic rings. The first-order valence-corrected chi connectivity index (χ1v) is 26.0. The highest BCUT2D eigenvalue weighted by Gasteiger charge is 2.18. The summed E-state index contributed by atoms with van der Waals surface area (Å²) in [5.41, 5.74) is 0. The van der Waals surface area contributed by atoms with Crippen molar-refractivity contribution >= 4 is 5.91 Å². The van der Waals surface area contributed by atoms with Crippen molar-refractivity contribution in [1.82, 2.24) is 5.32 Å². The number of aliphatic hydroxyl groups is 2. The first kappa shape index (κ1) is 57.1. The second-order valence-electron chi connectivity index (χ2n) is 17.6. The van der Waals surface area contributed by atoms with Gasteiger partial charge in [-0.2, -0.15) is 0 Å². The van der Waals surface area contributed by atoms with Gasteiger partial charge in [0.1, 0.15) is 0 Å². The lowest BCUT2D eigenvalue weighted by Crippen LogP contribution is -2.45. The second-order valence-corrected chi connectivity index (χ2v) is 17.6. The van der Waals surface area contributed by atoms with Gasteiger partial charge in [0, 0.05) is 6.42 Å². The Balaban J connectivity index is 3.51. The maximum atomic E-state index is 12.4. The van der Waals surface area contributed by atoms with Crippen LogP contribution >= 0.6 is 0 Å². The van der Waals surface area contributed by atoms with E-state index in [9.17, 15) is 15.0 Å². The number of hydrogen-bond donors (Lipinski definition) is 3. The summed E-state index contributed by atoms with van der Waals surface area (Å²) in [6.07, 6.45) is 70.9. The largest absolute Gasteiger partial charge is 0.394 e. The quantitative estimate of drug-likeness (QED) is 0.0423. The first-order valence-electron chi connectivity index (χ1n) is 26.0. The van der Waals surface area contributed by atoms with Crippen LogP contribution in [0.4, 0.5) is 0 Å². The van der Waals surface area contributed by atoms with E-state index >= 15 is 0 Å². The van der Waals surface area contributed by atoms with Gasteiger partial charge >= 0.3 is 0 Å². The molecule has 0 radical (unpaired) electrons. The molecule has 0 aromatic carbocycles. The second kappa shape index (κ2) is 50.4. The SMILES string of the molecule is CC/C=C\C/C=C\C/C=C\C/C=C\CCCCCCC(=O)NC(CO)C(O)/C=C/CCCCCCCCCCCCCCCCCCCCCCCCCCCCCC. The molecule has 0 saturated carbocycles. The van der Waals surface area contributed by atoms with Gasteiger partial charge in [0.05, 0.1) is 18.8 Å². The normalized spacial score (nSPS) is 13.4. The maximum absolute atomic E-state index is 12.4. The highest BCUT2D eigenvalue weighted by Crippen LogP contribution is 2.17. The van der Waals surface area contributed by atoms with E-state index in [0.717, 1.165) is 70.6 Å². The van der Waals surface area contributed by atoms with E-state index in [0.29, 0.717) is 6.42 Å². The van der Waals surface area contributed by atoms with Gasteiger partial charge in [-0.25, -0.2) is 0 Å². The maximum Gasteiger partial charge on any atom is 0.220 e. The van der Waals surface area contributed by atoms with Gasteiger partial charge in [-0.1, -0.05) is 261 Å². The lowest BCUT2D eigenvalue weighted by Gasteiger charge is -2.20. The van der Waals surface area contributed by atoms with Crippen molar-refractivity contribution in [1.29, 1.82) is 0 Å². The van der Waals surface area contributed by atoms with Crippen LogP contribution in [0.5, 0.6) is 0 Å². The van der Waals surface area contributed by atoms with Gasteiger partial charge in [0.15, 0.2) is 0 Å². The molecule has 0 spiro atoms. The van der Waals surface area contributed by atoms with E-state index < -0.39 is 12.1 Å². The van der Waals surface area contributed by atoms with E-state index in [1.165, 1.54) is 173 Å². The van der Waals surface area contributed by atoms with Gasteiger partial charge in [-0.3, -0.25) is 4.79 Å². The minimum absolute atomic E-state index is 0.0869. The molecule has 0 rings (SSSR count). The third kappa shape index (κ3) is 47.0. The van der Waals surface area contributed by atoms with Crippen LogP contribution < -0.4 is 5.32 Å². The Morgan fingerprint density at radius 1 is 0.424 bits per heavy atom. The number of aliphatic hydroxyl groups excluding tert-OH is 2. The van der Waals surface area contributed by atoms with Crippen LogP contribution in [-0.4, -0.2) is 34.9 Å². The molecule has 0 aromatic heterocycles. The number of carbonyl (C=O) groups excluding carboxylic acids is 1. The lowest BCUT2D eigenvalue weighted by molar-refractivity contribution is -0.123. The van der Waals surface area contributed by atoms with Gasteiger partial charge < -0.3 is 15.5 Å². The molecule has 59 heavy (non-hydrogen) atoms. The van der Waals surface area contributed by atoms with Crippen LogP contribution in [0, 0.1) is 0 Å². The van der Waals surface area contributed by atoms with Crippen molar-refractivity contribution in [3.05, 3.63) is 60.8 Å². The Bertz CT molecular complexity index is 981. The zero-order valence-corrected chi connectivity index (χ0v) is 39.5. The Hall–Kier alpha value is -1.91. The number of allylic oxidation sites excluding steroid dienone is 9. The number of nitrogens with one attached hydrogen (secondary N) is 1. The summed E-state index contributed by atoms with van der Waals surface area (Å²) in [6.45, 7) is 4.20. The summed E-state index contributed by atoms with van der Waals surface area (Å²) in [6, 6.07) is -0.638. The predicted molar refractivity (Wildman–Crippen MR) is 262 cm³/mol. The molecule has 0 aliphatic carbocycles. The number of hydrogen-bond acceptors (Lipinski definition) is 3. The molecule has 0 fully saturated rings. The molecule has 2 atom stereocenters. The summed E-state index contributed by atoms with van der Waals surface area (Å²) >= 11 is 0. The monoisotopic (exact) mass is 824 g/mol. The van der Waals surface area contributed by atoms with Crippen LogP contribution in [0.1, 0.15) is 264 Å². The lowest BCUT2D eigenvalue weighted by atomic mass is 10.0. The molecular formula is C55H101NO3. The molecule has 3 N–H and O–H groups in total. The smallest absolute Gasteiger partial charge is 0.220 e. The number of unbranched alkanes of at least 4 members (excludes halogenated alkanes) is 32. The van der Waals surface area contributed by atoms with E-state index in [-0.39, 0.29) is 12.5 Å². The molecule has 4 heteroatoms. The molecule has 0 saturated heterocycles. The third-order valence-electron chi connectivity index (χ3n) is 11.8. The standard InChI is InChI=1S/C55H101NO3/c1-3-5-7-9-11-13-15-17-19-21-22-23-24-25-26-27-28-29-30-31-32-33-35-36-38-40-42-44-46-48-50-54(58)53(52-57)56-55(59)51-49-47-45-43-41-39-37-34-20-18-16-14-12-10-8-6-4-2/h6,8,12,14,18,20,37,39,48,50,53-54,57-58H,3-5,7,9-11,13,15-17,19,21-36,38,40-47,49,51-52H2,1-2H3,(H,56,59)/b8-6-,14-12-,20-18-,39-37-,50-48+. The Labute approximate surface area is 368 Å². The van der Waals surface area contributed by atoms with Crippen molar-refractivity contribution in [3.63, 3.8) is 0 Å². The molecule has 0 heterocycles. The minimum atomic E-state index is -0.853. The highest BCUT2D eigenvalue weighted by atomic mass is 16.3. The van der Waals surface area contributed by atoms with Gasteiger partial charge in [-0.15, -0.1) is 0 Å². The zero-order valence-electron chi connectivity index (χ0n) is 39.5. The number of carbonyl (C=O) groups is 1. The van der Waals surface area contributed by atoms with Crippen molar-refractivity contribution in [3.8, 4) is 0 Å². The average Bonchev–Trinajstić information content (AvgIpc) is 3.24. The highest BCUT2D eigenvalue weighted by molar-refractivity contribution is 5.76. The van der Waals surface area contributed by atoms with Crippen LogP contribution in [0.15, 0.2) is 60.8 Å². The Morgan fingerprint density at radius 3 is 1.12 bits per heavy atom. The third-order valence-corrected chi connectivity index (χ3v) is 11.8. The molecule has 0 bridgehead atoms. The summed E-state index contributed by atoms with van der Waals surface area (Å²) in [7, 11) is 0. The fourth-order valence-corrected chi connectivity index (χ4v) is 7.82. The van der Waals surface area contributed by atoms with Crippen molar-refractivity contribution < 1.29 is 15.0 Å². The summed E-state index contributed by atoms with van der Waals surface area (Å²) in [5.74, 6) is -0.0869. The number of rotatable bonds is 47. The summed E-state index contributed by atoms with van der Waals surface area (Å²) in [5, 5.41) is 23.1. The first-order chi connectivity index (χ1) is 29.2. The molecule has 0 aromatic rings. The molecule has 344 valence electrons. The summed E-state index contributed by atoms with van der Waals surface area (Å²) in [4.78, 5) is 12.4. The van der Waals surface area contributed by atoms with E-state index in [2.05, 4.69) is 67.8 Å². The molecule has 4 nitrogen and oxygen atoms in total. The fourth-order valence-electron chi connectivity index (χ4n) is 7.82. The zero-order chi connectivity index (χ0) is 42.8. The van der Waals surface area contributed by atoms with Gasteiger partial charge in [-0.05, 0) is 57.8 Å². The van der Waals surface area contributed by atoms with E-state index in [1.807, 2.05) is 6.08 Å². The van der Waals surface area contributed by atoms with Gasteiger partial charge in [0.2, 0.25) is 5.91 Å². The average molecular weight is 824 g/mol. The molecule has 1 amide bonds. The Kier molecular flexibility index (Phi) is 48.8.